The Bertz CT molecular complexity index is 1100. The van der Waals surface area contributed by atoms with E-state index in [9.17, 15) is 0 Å². The maximum Gasteiger partial charge on any atom is 0.219 e. The summed E-state index contributed by atoms with van der Waals surface area (Å²) in [5.74, 6) is 0. The van der Waals surface area contributed by atoms with E-state index in [2.05, 4.69) is 73.9 Å². The summed E-state index contributed by atoms with van der Waals surface area (Å²) in [5, 5.41) is 4.15. The first-order chi connectivity index (χ1) is 12.8. The smallest absolute Gasteiger partial charge is 0.219 e. The summed E-state index contributed by atoms with van der Waals surface area (Å²) in [5.41, 5.74) is 6.46. The average molecular weight is 372 g/mol. The van der Waals surface area contributed by atoms with Crippen LogP contribution in [0, 0.1) is 20.4 Å². The Morgan fingerprint density at radius 3 is 2.48 bits per heavy atom. The van der Waals surface area contributed by atoms with Crippen LogP contribution >= 0.6 is 0 Å². The zero-order valence-electron chi connectivity index (χ0n) is 16.9. The minimum absolute atomic E-state index is 0.712. The van der Waals surface area contributed by atoms with Gasteiger partial charge in [0.25, 0.3) is 0 Å². The van der Waals surface area contributed by atoms with E-state index in [0.717, 1.165) is 5.54 Å². The molecule has 1 fully saturated rings. The van der Waals surface area contributed by atoms with E-state index in [-0.39, 0.29) is 0 Å². The summed E-state index contributed by atoms with van der Waals surface area (Å²) in [6, 6.07) is 13.4. The molecule has 0 saturated heterocycles. The highest BCUT2D eigenvalue weighted by molar-refractivity contribution is 6.91. The lowest BCUT2D eigenvalue weighted by atomic mass is 9.96. The molecule has 0 unspecified atom stereocenters. The second kappa shape index (κ2) is 6.32. The van der Waals surface area contributed by atoms with Crippen LogP contribution in [0.25, 0.3) is 26.9 Å². The van der Waals surface area contributed by atoms with Crippen LogP contribution in [0.15, 0.2) is 42.6 Å². The van der Waals surface area contributed by atoms with Crippen LogP contribution in [-0.2, 0) is 7.05 Å². The first-order valence-corrected chi connectivity index (χ1v) is 12.8. The van der Waals surface area contributed by atoms with Gasteiger partial charge in [-0.15, -0.1) is 0 Å². The molecule has 0 radical (unpaired) electrons. The number of aromatic nitrogens is 1. The second-order valence-corrected chi connectivity index (χ2v) is 13.5. The molecule has 0 aliphatic heterocycles. The molecule has 3 aromatic rings. The van der Waals surface area contributed by atoms with Crippen LogP contribution in [0.5, 0.6) is 0 Å². The van der Waals surface area contributed by atoms with Gasteiger partial charge < -0.3 is 0 Å². The highest BCUT2D eigenvalue weighted by atomic mass is 28.3. The van der Waals surface area contributed by atoms with Gasteiger partial charge in [0.2, 0.25) is 5.69 Å². The van der Waals surface area contributed by atoms with E-state index in [1.165, 1.54) is 46.0 Å². The summed E-state index contributed by atoms with van der Waals surface area (Å²) in [4.78, 5) is 3.69. The van der Waals surface area contributed by atoms with Gasteiger partial charge in [0.1, 0.15) is 7.05 Å². The molecule has 0 bridgehead atoms. The standard InChI is InChI=1S/C24H27N2Si/c1-16-13-19(25-3)15-23(17(16)2)24-22-10-9-21(27(5,6)20-7-8-20)14-18(22)11-12-26(24)4/h9-15,20H,7-8H2,1-2,4-6H3/q+1. The van der Waals surface area contributed by atoms with Gasteiger partial charge in [-0.1, -0.05) is 54.9 Å². The molecule has 0 spiro atoms. The third-order valence-corrected chi connectivity index (χ3v) is 10.9. The van der Waals surface area contributed by atoms with E-state index in [4.69, 9.17) is 6.57 Å². The molecule has 0 N–H and O–H groups in total. The van der Waals surface area contributed by atoms with Crippen LogP contribution in [-0.4, -0.2) is 8.07 Å². The maximum atomic E-state index is 7.45. The van der Waals surface area contributed by atoms with E-state index in [1.807, 2.05) is 12.1 Å². The number of rotatable bonds is 3. The van der Waals surface area contributed by atoms with E-state index < -0.39 is 8.07 Å². The first-order valence-electron chi connectivity index (χ1n) is 9.75. The fourth-order valence-corrected chi connectivity index (χ4v) is 7.42. The molecule has 1 saturated carbocycles. The van der Waals surface area contributed by atoms with Gasteiger partial charge in [0.05, 0.1) is 20.0 Å². The van der Waals surface area contributed by atoms with Crippen molar-refractivity contribution in [3.63, 3.8) is 0 Å². The van der Waals surface area contributed by atoms with Gasteiger partial charge in [0.15, 0.2) is 11.9 Å². The quantitative estimate of drug-likeness (QED) is 0.323. The summed E-state index contributed by atoms with van der Waals surface area (Å²) in [6.07, 6.45) is 4.98. The molecule has 0 amide bonds. The topological polar surface area (TPSA) is 8.24 Å². The molecule has 27 heavy (non-hydrogen) atoms. The van der Waals surface area contributed by atoms with Crippen molar-refractivity contribution in [2.45, 2.75) is 45.3 Å². The summed E-state index contributed by atoms with van der Waals surface area (Å²) in [6.45, 7) is 16.7. The number of fused-ring (bicyclic) bond motifs is 1. The SMILES string of the molecule is [C-]#[N+]c1cc(C)c(C)c(-c2c3ccc([Si](C)(C)C4CC4)cc3cc[n+]2C)c1. The molecule has 3 heteroatoms. The molecular weight excluding hydrogens is 344 g/mol. The molecule has 136 valence electrons. The molecule has 1 aromatic heterocycles. The fraction of sp³-hybridized carbons (Fsp3) is 0.333. The number of pyridine rings is 1. The largest absolute Gasteiger partial charge is 0.238 e. The van der Waals surface area contributed by atoms with Crippen molar-refractivity contribution in [3.8, 4) is 11.3 Å². The Kier molecular flexibility index (Phi) is 4.20. The first kappa shape index (κ1) is 17.9. The Hall–Kier alpha value is -2.44. The maximum absolute atomic E-state index is 7.45. The van der Waals surface area contributed by atoms with Gasteiger partial charge in [-0.05, 0) is 42.5 Å². The molecular formula is C24H27N2Si+. The predicted octanol–water partition coefficient (Wildman–Crippen LogP) is 5.58. The summed E-state index contributed by atoms with van der Waals surface area (Å²) in [7, 11) is 0.748. The van der Waals surface area contributed by atoms with Gasteiger partial charge >= 0.3 is 0 Å². The van der Waals surface area contributed by atoms with E-state index in [1.54, 1.807) is 5.19 Å². The van der Waals surface area contributed by atoms with Gasteiger partial charge in [-0.2, -0.15) is 0 Å². The monoisotopic (exact) mass is 371 g/mol. The molecule has 1 heterocycles. The van der Waals surface area contributed by atoms with E-state index >= 15 is 0 Å². The van der Waals surface area contributed by atoms with Crippen molar-refractivity contribution in [3.05, 3.63) is 65.1 Å². The van der Waals surface area contributed by atoms with E-state index in [0.29, 0.717) is 5.69 Å². The zero-order chi connectivity index (χ0) is 19.3. The lowest BCUT2D eigenvalue weighted by Gasteiger charge is -2.23. The molecule has 1 aliphatic rings. The van der Waals surface area contributed by atoms with Crippen molar-refractivity contribution < 1.29 is 4.57 Å². The van der Waals surface area contributed by atoms with Crippen molar-refractivity contribution >= 4 is 29.7 Å². The Labute approximate surface area is 163 Å². The fourth-order valence-electron chi connectivity index (χ4n) is 4.30. The third-order valence-electron chi connectivity index (χ3n) is 6.52. The van der Waals surface area contributed by atoms with Crippen LogP contribution in [0.3, 0.4) is 0 Å². The second-order valence-electron chi connectivity index (χ2n) is 8.62. The molecule has 1 aliphatic carbocycles. The third kappa shape index (κ3) is 2.99. The normalized spacial score (nSPS) is 14.4. The van der Waals surface area contributed by atoms with Crippen LogP contribution in [0.4, 0.5) is 5.69 Å². The molecule has 4 rings (SSSR count). The Morgan fingerprint density at radius 2 is 1.81 bits per heavy atom. The number of aryl methyl sites for hydroxylation is 2. The summed E-state index contributed by atoms with van der Waals surface area (Å²) < 4.78 is 2.20. The van der Waals surface area contributed by atoms with Crippen molar-refractivity contribution in [2.75, 3.05) is 0 Å². The lowest BCUT2D eigenvalue weighted by molar-refractivity contribution is -0.659. The van der Waals surface area contributed by atoms with Crippen LogP contribution in [0.2, 0.25) is 18.6 Å². The Balaban J connectivity index is 1.96. The Morgan fingerprint density at radius 1 is 1.07 bits per heavy atom. The number of hydrogen-bond acceptors (Lipinski definition) is 0. The van der Waals surface area contributed by atoms with Gasteiger partial charge in [0, 0.05) is 11.6 Å². The van der Waals surface area contributed by atoms with Crippen LogP contribution in [0.1, 0.15) is 24.0 Å². The number of nitrogens with zero attached hydrogens (tertiary/aromatic N) is 2. The van der Waals surface area contributed by atoms with Crippen molar-refractivity contribution in [2.24, 2.45) is 7.05 Å². The molecule has 2 nitrogen and oxygen atoms in total. The zero-order valence-corrected chi connectivity index (χ0v) is 17.9. The minimum atomic E-state index is -1.35. The average Bonchev–Trinajstić information content (AvgIpc) is 3.49. The van der Waals surface area contributed by atoms with Gasteiger partial charge in [-0.3, -0.25) is 0 Å². The highest BCUT2D eigenvalue weighted by Gasteiger charge is 2.40. The van der Waals surface area contributed by atoms with Crippen molar-refractivity contribution in [1.29, 1.82) is 0 Å². The van der Waals surface area contributed by atoms with Crippen molar-refractivity contribution in [1.82, 2.24) is 0 Å². The predicted molar refractivity (Wildman–Crippen MR) is 116 cm³/mol. The van der Waals surface area contributed by atoms with Gasteiger partial charge in [-0.25, -0.2) is 9.41 Å². The van der Waals surface area contributed by atoms with Crippen LogP contribution < -0.4 is 9.75 Å². The highest BCUT2D eigenvalue weighted by Crippen LogP contribution is 2.45. The summed E-state index contributed by atoms with van der Waals surface area (Å²) >= 11 is 0. The lowest BCUT2D eigenvalue weighted by Crippen LogP contribution is -2.41. The number of benzene rings is 2. The molecule has 2 aromatic carbocycles. The minimum Gasteiger partial charge on any atom is -0.238 e. The number of hydrogen-bond donors (Lipinski definition) is 0. The molecule has 0 atom stereocenters.